The lowest BCUT2D eigenvalue weighted by Crippen LogP contribution is -2.22. The fraction of sp³-hybridized carbons (Fsp3) is 0.133. The van der Waals surface area contributed by atoms with E-state index in [1.165, 1.54) is 0 Å². The summed E-state index contributed by atoms with van der Waals surface area (Å²) < 4.78 is 79.0. The van der Waals surface area contributed by atoms with Crippen molar-refractivity contribution in [1.29, 1.82) is 0 Å². The standard InChI is InChI=1S/C15H6ClF6N3O5/c16-8-1-2-10(9(5-8)15(20,21)22)23(6-26)13-11(24(27)28)3-7(14(17,18)19)4-12(13)25(29)30/h1-6H. The predicted molar refractivity (Wildman–Crippen MR) is 89.4 cm³/mol. The summed E-state index contributed by atoms with van der Waals surface area (Å²) in [6.07, 6.45) is -10.9. The predicted octanol–water partition coefficient (Wildman–Crippen LogP) is 5.49. The molecule has 0 saturated heterocycles. The van der Waals surface area contributed by atoms with E-state index < -0.39 is 67.5 Å². The Morgan fingerprint density at radius 1 is 0.900 bits per heavy atom. The minimum absolute atomic E-state index is 0.123. The SMILES string of the molecule is O=CN(c1ccc(Cl)cc1C(F)(F)F)c1c([N+](=O)[O-])cc(C(F)(F)F)cc1[N+](=O)[O-]. The van der Waals surface area contributed by atoms with E-state index in [9.17, 15) is 51.4 Å². The average Bonchev–Trinajstić information content (AvgIpc) is 2.61. The third kappa shape index (κ3) is 4.42. The topological polar surface area (TPSA) is 107 Å². The van der Waals surface area contributed by atoms with Crippen LogP contribution in [0, 0.1) is 20.2 Å². The van der Waals surface area contributed by atoms with Crippen molar-refractivity contribution in [3.63, 3.8) is 0 Å². The number of carbonyl (C=O) groups excluding carboxylic acids is 1. The van der Waals surface area contributed by atoms with Gasteiger partial charge < -0.3 is 0 Å². The number of anilines is 2. The number of alkyl halides is 6. The van der Waals surface area contributed by atoms with Gasteiger partial charge in [-0.25, -0.2) is 0 Å². The minimum Gasteiger partial charge on any atom is -0.278 e. The molecule has 0 atom stereocenters. The third-order valence-electron chi connectivity index (χ3n) is 3.66. The van der Waals surface area contributed by atoms with E-state index in [0.29, 0.717) is 12.1 Å². The summed E-state index contributed by atoms with van der Waals surface area (Å²) in [5.74, 6) is 0. The molecule has 2 aromatic rings. The molecule has 0 aliphatic carbocycles. The lowest BCUT2D eigenvalue weighted by Gasteiger charge is -2.22. The molecule has 2 rings (SSSR count). The molecule has 0 N–H and O–H groups in total. The fourth-order valence-electron chi connectivity index (χ4n) is 2.47. The Morgan fingerprint density at radius 3 is 1.77 bits per heavy atom. The Morgan fingerprint density at radius 2 is 1.40 bits per heavy atom. The number of rotatable bonds is 5. The van der Waals surface area contributed by atoms with Crippen LogP contribution in [0.15, 0.2) is 30.3 Å². The van der Waals surface area contributed by atoms with Gasteiger partial charge in [0.1, 0.15) is 0 Å². The molecule has 0 heterocycles. The highest BCUT2D eigenvalue weighted by molar-refractivity contribution is 6.30. The molecule has 0 aromatic heterocycles. The van der Waals surface area contributed by atoms with Crippen LogP contribution in [-0.2, 0) is 17.1 Å². The first-order chi connectivity index (χ1) is 13.7. The van der Waals surface area contributed by atoms with Gasteiger partial charge in [0.05, 0.1) is 26.7 Å². The third-order valence-corrected chi connectivity index (χ3v) is 3.90. The first-order valence-electron chi connectivity index (χ1n) is 7.33. The molecule has 2 aromatic carbocycles. The van der Waals surface area contributed by atoms with Crippen molar-refractivity contribution in [2.24, 2.45) is 0 Å². The van der Waals surface area contributed by atoms with Gasteiger partial charge in [-0.3, -0.25) is 29.9 Å². The zero-order valence-corrected chi connectivity index (χ0v) is 14.7. The summed E-state index contributed by atoms with van der Waals surface area (Å²) in [7, 11) is 0. The van der Waals surface area contributed by atoms with Crippen LogP contribution in [0.2, 0.25) is 5.02 Å². The maximum absolute atomic E-state index is 13.4. The molecule has 15 heteroatoms. The van der Waals surface area contributed by atoms with E-state index >= 15 is 0 Å². The first-order valence-corrected chi connectivity index (χ1v) is 7.71. The summed E-state index contributed by atoms with van der Waals surface area (Å²) in [6, 6.07) is 1.54. The van der Waals surface area contributed by atoms with Gasteiger partial charge in [-0.15, -0.1) is 0 Å². The summed E-state index contributed by atoms with van der Waals surface area (Å²) >= 11 is 5.50. The smallest absolute Gasteiger partial charge is 0.278 e. The van der Waals surface area contributed by atoms with E-state index in [0.717, 1.165) is 6.07 Å². The van der Waals surface area contributed by atoms with Gasteiger partial charge >= 0.3 is 23.7 Å². The largest absolute Gasteiger partial charge is 0.418 e. The summed E-state index contributed by atoms with van der Waals surface area (Å²) in [4.78, 5) is 31.0. The number of carbonyl (C=O) groups is 1. The van der Waals surface area contributed by atoms with Gasteiger partial charge in [0.2, 0.25) is 12.1 Å². The van der Waals surface area contributed by atoms with Crippen LogP contribution in [0.5, 0.6) is 0 Å². The molecule has 160 valence electrons. The molecule has 1 amide bonds. The molecular formula is C15H6ClF6N3O5. The summed E-state index contributed by atoms with van der Waals surface area (Å²) in [5.41, 5.74) is -9.12. The highest BCUT2D eigenvalue weighted by Crippen LogP contribution is 2.47. The Bertz CT molecular complexity index is 1010. The lowest BCUT2D eigenvalue weighted by atomic mass is 10.1. The van der Waals surface area contributed by atoms with Crippen LogP contribution >= 0.6 is 11.6 Å². The van der Waals surface area contributed by atoms with Crippen LogP contribution in [0.4, 0.5) is 49.1 Å². The van der Waals surface area contributed by atoms with Crippen molar-refractivity contribution in [2.45, 2.75) is 12.4 Å². The molecule has 0 unspecified atom stereocenters. The second-order valence-corrected chi connectivity index (χ2v) is 5.95. The number of nitrogens with zero attached hydrogens (tertiary/aromatic N) is 3. The average molecular weight is 458 g/mol. The number of hydrogen-bond acceptors (Lipinski definition) is 5. The normalized spacial score (nSPS) is 11.8. The molecule has 0 aliphatic rings. The molecule has 0 fully saturated rings. The van der Waals surface area contributed by atoms with Crippen molar-refractivity contribution >= 4 is 40.8 Å². The number of nitro groups is 2. The molecular weight excluding hydrogens is 452 g/mol. The Kier molecular flexibility index (Phi) is 5.93. The Balaban J connectivity index is 2.96. The molecule has 30 heavy (non-hydrogen) atoms. The van der Waals surface area contributed by atoms with Crippen LogP contribution in [-0.4, -0.2) is 16.3 Å². The zero-order chi connectivity index (χ0) is 23.0. The van der Waals surface area contributed by atoms with Gasteiger partial charge in [0, 0.05) is 17.2 Å². The van der Waals surface area contributed by atoms with Crippen molar-refractivity contribution in [3.8, 4) is 0 Å². The second kappa shape index (κ2) is 7.78. The highest BCUT2D eigenvalue weighted by atomic mass is 35.5. The maximum Gasteiger partial charge on any atom is 0.418 e. The summed E-state index contributed by atoms with van der Waals surface area (Å²) in [6.45, 7) is 0. The number of hydrogen-bond donors (Lipinski definition) is 0. The molecule has 0 saturated carbocycles. The molecule has 8 nitrogen and oxygen atoms in total. The van der Waals surface area contributed by atoms with Crippen molar-refractivity contribution < 1.29 is 41.0 Å². The Hall–Kier alpha value is -3.42. The van der Waals surface area contributed by atoms with Crippen LogP contribution in [0.3, 0.4) is 0 Å². The van der Waals surface area contributed by atoms with E-state index in [1.54, 1.807) is 0 Å². The lowest BCUT2D eigenvalue weighted by molar-refractivity contribution is -0.392. The first kappa shape index (κ1) is 22.9. The quantitative estimate of drug-likeness (QED) is 0.255. The van der Waals surface area contributed by atoms with E-state index in [2.05, 4.69) is 0 Å². The molecule has 0 radical (unpaired) electrons. The molecule has 0 bridgehead atoms. The van der Waals surface area contributed by atoms with Crippen LogP contribution in [0.1, 0.15) is 11.1 Å². The molecule has 0 aliphatic heterocycles. The number of nitro benzene ring substituents is 2. The van der Waals surface area contributed by atoms with E-state index in [4.69, 9.17) is 11.6 Å². The van der Waals surface area contributed by atoms with Gasteiger partial charge in [-0.2, -0.15) is 26.3 Å². The Labute approximate surface area is 166 Å². The van der Waals surface area contributed by atoms with Gasteiger partial charge in [-0.05, 0) is 18.2 Å². The zero-order valence-electron chi connectivity index (χ0n) is 14.0. The van der Waals surface area contributed by atoms with Crippen molar-refractivity contribution in [1.82, 2.24) is 0 Å². The minimum atomic E-state index is -5.25. The maximum atomic E-state index is 13.4. The second-order valence-electron chi connectivity index (χ2n) is 5.51. The van der Waals surface area contributed by atoms with Gasteiger partial charge in [0.15, 0.2) is 0 Å². The monoisotopic (exact) mass is 457 g/mol. The highest BCUT2D eigenvalue weighted by Gasteiger charge is 2.42. The van der Waals surface area contributed by atoms with Gasteiger partial charge in [0.25, 0.3) is 0 Å². The van der Waals surface area contributed by atoms with E-state index in [1.807, 2.05) is 0 Å². The van der Waals surface area contributed by atoms with Crippen LogP contribution in [0.25, 0.3) is 0 Å². The fourth-order valence-corrected chi connectivity index (χ4v) is 2.64. The summed E-state index contributed by atoms with van der Waals surface area (Å²) in [5, 5.41) is 22.1. The van der Waals surface area contributed by atoms with Crippen molar-refractivity contribution in [2.75, 3.05) is 4.90 Å². The van der Waals surface area contributed by atoms with E-state index in [-0.39, 0.29) is 17.0 Å². The van der Waals surface area contributed by atoms with Gasteiger partial charge in [-0.1, -0.05) is 11.6 Å². The molecule has 0 spiro atoms. The number of halogens is 7. The number of amides is 1. The van der Waals surface area contributed by atoms with Crippen molar-refractivity contribution in [3.05, 3.63) is 66.7 Å². The number of benzene rings is 2. The van der Waals surface area contributed by atoms with Crippen LogP contribution < -0.4 is 4.90 Å².